The van der Waals surface area contributed by atoms with Crippen LogP contribution in [0.5, 0.6) is 0 Å². The van der Waals surface area contributed by atoms with Gasteiger partial charge in [-0.25, -0.2) is 0 Å². The Bertz CT molecular complexity index is 1060. The minimum atomic E-state index is -0.394. The van der Waals surface area contributed by atoms with Gasteiger partial charge in [-0.05, 0) is 84.0 Å². The second kappa shape index (κ2) is 11.6. The van der Waals surface area contributed by atoms with E-state index in [1.165, 1.54) is 0 Å². The molecular weight excluding hydrogens is 438 g/mol. The Labute approximate surface area is 199 Å². The first-order chi connectivity index (χ1) is 15.5. The summed E-state index contributed by atoms with van der Waals surface area (Å²) < 4.78 is 0. The lowest BCUT2D eigenvalue weighted by Gasteiger charge is -2.20. The van der Waals surface area contributed by atoms with Crippen molar-refractivity contribution in [3.05, 3.63) is 62.5 Å². The second-order valence-corrected chi connectivity index (χ2v) is 9.26. The molecule has 0 radical (unpaired) electrons. The largest absolute Gasteiger partial charge is 0.349 e. The molecule has 8 nitrogen and oxygen atoms in total. The zero-order chi connectivity index (χ0) is 24.7. The van der Waals surface area contributed by atoms with Crippen LogP contribution in [-0.4, -0.2) is 36.9 Å². The first kappa shape index (κ1) is 26.1. The number of rotatable bonds is 9. The van der Waals surface area contributed by atoms with E-state index < -0.39 is 5.91 Å². The van der Waals surface area contributed by atoms with Crippen LogP contribution in [-0.2, 0) is 4.79 Å². The predicted octanol–water partition coefficient (Wildman–Crippen LogP) is 3.26. The number of thiophene rings is 1. The van der Waals surface area contributed by atoms with Crippen LogP contribution < -0.4 is 26.8 Å². The molecule has 0 aliphatic heterocycles. The second-order valence-electron chi connectivity index (χ2n) is 8.17. The summed E-state index contributed by atoms with van der Waals surface area (Å²) in [6, 6.07) is 8.69. The summed E-state index contributed by atoms with van der Waals surface area (Å²) in [6.07, 6.45) is 0. The highest BCUT2D eigenvalue weighted by atomic mass is 32.1. The van der Waals surface area contributed by atoms with Crippen LogP contribution in [0.1, 0.15) is 58.2 Å². The molecule has 0 aliphatic carbocycles. The van der Waals surface area contributed by atoms with Gasteiger partial charge >= 0.3 is 0 Å². The van der Waals surface area contributed by atoms with Crippen LogP contribution in [0.25, 0.3) is 0 Å². The number of benzene rings is 1. The Morgan fingerprint density at radius 3 is 2.09 bits per heavy atom. The van der Waals surface area contributed by atoms with E-state index in [4.69, 9.17) is 0 Å². The van der Waals surface area contributed by atoms with Gasteiger partial charge in [0.05, 0.1) is 15.3 Å². The van der Waals surface area contributed by atoms with Crippen LogP contribution in [0.4, 0.5) is 5.69 Å². The lowest BCUT2D eigenvalue weighted by molar-refractivity contribution is -0.113. The normalized spacial score (nSPS) is 12.6. The summed E-state index contributed by atoms with van der Waals surface area (Å²) in [5, 5.41) is 8.79. The van der Waals surface area contributed by atoms with Gasteiger partial charge in [0.1, 0.15) is 0 Å². The van der Waals surface area contributed by atoms with Crippen molar-refractivity contribution in [1.29, 1.82) is 0 Å². The monoisotopic (exact) mass is 471 g/mol. The van der Waals surface area contributed by atoms with E-state index in [0.29, 0.717) is 26.7 Å². The highest BCUT2D eigenvalue weighted by molar-refractivity contribution is 7.15. The molecule has 178 valence electrons. The molecule has 1 unspecified atom stereocenters. The van der Waals surface area contributed by atoms with Crippen molar-refractivity contribution in [3.63, 3.8) is 0 Å². The molecule has 2 rings (SSSR count). The summed E-state index contributed by atoms with van der Waals surface area (Å²) >= 11 is 1.10. The lowest BCUT2D eigenvalue weighted by atomic mass is 10.1. The molecule has 2 aromatic rings. The molecule has 1 aromatic carbocycles. The zero-order valence-corrected chi connectivity index (χ0v) is 21.0. The van der Waals surface area contributed by atoms with Gasteiger partial charge in [-0.2, -0.15) is 0 Å². The minimum absolute atomic E-state index is 0.00823. The van der Waals surface area contributed by atoms with Gasteiger partial charge in [0.25, 0.3) is 17.7 Å². The highest BCUT2D eigenvalue weighted by Gasteiger charge is 2.20. The van der Waals surface area contributed by atoms with E-state index in [2.05, 4.69) is 26.8 Å². The van der Waals surface area contributed by atoms with Crippen molar-refractivity contribution < 1.29 is 14.4 Å². The smallest absolute Gasteiger partial charge is 0.279 e. The first-order valence-corrected chi connectivity index (χ1v) is 11.6. The third-order valence-electron chi connectivity index (χ3n) is 5.12. The van der Waals surface area contributed by atoms with E-state index in [1.54, 1.807) is 26.1 Å². The Morgan fingerprint density at radius 1 is 0.879 bits per heavy atom. The van der Waals surface area contributed by atoms with Crippen LogP contribution in [0.2, 0.25) is 0 Å². The van der Waals surface area contributed by atoms with Crippen LogP contribution in [0.15, 0.2) is 41.6 Å². The molecule has 1 aromatic heterocycles. The molecule has 0 spiro atoms. The van der Waals surface area contributed by atoms with Gasteiger partial charge in [-0.3, -0.25) is 19.8 Å². The molecule has 0 saturated heterocycles. The first-order valence-electron chi connectivity index (χ1n) is 10.8. The quantitative estimate of drug-likeness (QED) is 0.285. The molecule has 0 saturated carbocycles. The number of likely N-dealkylation sites (N-methyl/N-ethyl adjacent to an activating group) is 1. The van der Waals surface area contributed by atoms with Crippen molar-refractivity contribution in [1.82, 2.24) is 21.5 Å². The fourth-order valence-electron chi connectivity index (χ4n) is 3.05. The molecule has 5 N–H and O–H groups in total. The number of aryl methyl sites for hydroxylation is 2. The SMILES string of the molecule is CNC(C)/C(C(=O)Nc1ccc(C)c(C)c1)=C(\C)NNC(=O)c1ccc(C(=O)NC(C)C)s1. The summed E-state index contributed by atoms with van der Waals surface area (Å²) in [4.78, 5) is 38.5. The van der Waals surface area contributed by atoms with Gasteiger partial charge in [-0.15, -0.1) is 11.3 Å². The number of carbonyl (C=O) groups excluding carboxylic acids is 3. The van der Waals surface area contributed by atoms with Crippen LogP contribution in [0, 0.1) is 13.8 Å². The number of nitrogens with one attached hydrogen (secondary N) is 5. The molecule has 33 heavy (non-hydrogen) atoms. The fraction of sp³-hybridized carbons (Fsp3) is 0.375. The van der Waals surface area contributed by atoms with Gasteiger partial charge in [-0.1, -0.05) is 6.07 Å². The lowest BCUT2D eigenvalue weighted by Crippen LogP contribution is -2.40. The van der Waals surface area contributed by atoms with E-state index in [0.717, 1.165) is 22.5 Å². The van der Waals surface area contributed by atoms with Crippen LogP contribution >= 0.6 is 11.3 Å². The predicted molar refractivity (Wildman–Crippen MR) is 133 cm³/mol. The number of hydrogen-bond donors (Lipinski definition) is 5. The molecule has 3 amide bonds. The standard InChI is InChI=1S/C24H33N5O3S/c1-13(2)26-22(30)19-10-11-20(33-19)23(31)29-28-17(6)21(16(5)25-7)24(32)27-18-9-8-14(3)15(4)12-18/h8-13,16,25,28H,1-7H3,(H,26,30)(H,27,32)(H,29,31)/b21-17-. The van der Waals surface area contributed by atoms with Crippen molar-refractivity contribution in [2.45, 2.75) is 53.6 Å². The topological polar surface area (TPSA) is 111 Å². The molecule has 0 aliphatic rings. The molecule has 0 fully saturated rings. The van der Waals surface area contributed by atoms with Crippen molar-refractivity contribution in [2.75, 3.05) is 12.4 Å². The Balaban J connectivity index is 2.12. The Morgan fingerprint density at radius 2 is 1.52 bits per heavy atom. The number of amides is 3. The third kappa shape index (κ3) is 7.16. The summed E-state index contributed by atoms with van der Waals surface area (Å²) in [7, 11) is 1.76. The minimum Gasteiger partial charge on any atom is -0.349 e. The zero-order valence-electron chi connectivity index (χ0n) is 20.2. The number of carbonyl (C=O) groups is 3. The molecule has 1 atom stereocenters. The van der Waals surface area contributed by atoms with E-state index in [1.807, 2.05) is 52.8 Å². The molecular formula is C24H33N5O3S. The van der Waals surface area contributed by atoms with Gasteiger partial charge in [0.15, 0.2) is 0 Å². The maximum Gasteiger partial charge on any atom is 0.279 e. The van der Waals surface area contributed by atoms with Crippen molar-refractivity contribution in [3.8, 4) is 0 Å². The number of hydrazine groups is 1. The average molecular weight is 472 g/mol. The number of hydrogen-bond acceptors (Lipinski definition) is 6. The molecule has 9 heteroatoms. The molecule has 0 bridgehead atoms. The van der Waals surface area contributed by atoms with Crippen LogP contribution in [0.3, 0.4) is 0 Å². The molecule has 1 heterocycles. The Kier molecular flexibility index (Phi) is 9.19. The third-order valence-corrected chi connectivity index (χ3v) is 6.20. The summed E-state index contributed by atoms with van der Waals surface area (Å²) in [5.74, 6) is -0.886. The number of allylic oxidation sites excluding steroid dienone is 1. The summed E-state index contributed by atoms with van der Waals surface area (Å²) in [6.45, 7) is 11.3. The van der Waals surface area contributed by atoms with Gasteiger partial charge < -0.3 is 21.4 Å². The van der Waals surface area contributed by atoms with Gasteiger partial charge in [0.2, 0.25) is 0 Å². The van der Waals surface area contributed by atoms with Crippen molar-refractivity contribution in [2.24, 2.45) is 0 Å². The van der Waals surface area contributed by atoms with E-state index in [-0.39, 0.29) is 23.9 Å². The highest BCUT2D eigenvalue weighted by Crippen LogP contribution is 2.18. The Hall–Kier alpha value is -3.17. The fourth-order valence-corrected chi connectivity index (χ4v) is 3.85. The van der Waals surface area contributed by atoms with Crippen molar-refractivity contribution >= 4 is 34.7 Å². The summed E-state index contributed by atoms with van der Waals surface area (Å²) in [5.41, 5.74) is 9.34. The van der Waals surface area contributed by atoms with E-state index in [9.17, 15) is 14.4 Å². The maximum absolute atomic E-state index is 13.0. The average Bonchev–Trinajstić information content (AvgIpc) is 3.24. The van der Waals surface area contributed by atoms with Gasteiger partial charge in [0, 0.05) is 23.5 Å². The number of anilines is 1. The maximum atomic E-state index is 13.0. The van der Waals surface area contributed by atoms with E-state index >= 15 is 0 Å².